The Morgan fingerprint density at radius 2 is 1.70 bits per heavy atom. The van der Waals surface area contributed by atoms with Gasteiger partial charge in [0, 0.05) is 24.0 Å². The Kier molecular flexibility index (Phi) is 4.14. The number of rotatable bonds is 5. The lowest BCUT2D eigenvalue weighted by atomic mass is 10.2. The first-order valence-corrected chi connectivity index (χ1v) is 5.97. The lowest BCUT2D eigenvalue weighted by Crippen LogP contribution is -2.00. The van der Waals surface area contributed by atoms with Gasteiger partial charge in [0.15, 0.2) is 11.5 Å². The van der Waals surface area contributed by atoms with Gasteiger partial charge in [0.1, 0.15) is 5.82 Å². The van der Waals surface area contributed by atoms with Crippen molar-refractivity contribution in [2.24, 2.45) is 0 Å². The third-order valence-electron chi connectivity index (χ3n) is 2.78. The van der Waals surface area contributed by atoms with Crippen LogP contribution in [0.4, 0.5) is 17.2 Å². The van der Waals surface area contributed by atoms with Crippen molar-refractivity contribution in [1.82, 2.24) is 4.98 Å². The summed E-state index contributed by atoms with van der Waals surface area (Å²) >= 11 is 0. The number of nitrogens with two attached hydrogens (primary N) is 1. The molecule has 0 spiro atoms. The molecule has 0 bridgehead atoms. The molecule has 0 aliphatic heterocycles. The van der Waals surface area contributed by atoms with Crippen LogP contribution in [0.5, 0.6) is 17.2 Å². The Hall–Kier alpha value is -2.63. The molecule has 2 aromatic rings. The number of aromatic nitrogens is 1. The average molecular weight is 275 g/mol. The number of pyridine rings is 1. The molecule has 3 N–H and O–H groups in total. The topological polar surface area (TPSA) is 78.6 Å². The van der Waals surface area contributed by atoms with E-state index in [-0.39, 0.29) is 0 Å². The zero-order chi connectivity index (χ0) is 14.5. The molecule has 0 radical (unpaired) electrons. The molecule has 1 aromatic carbocycles. The number of nitrogens with zero attached hydrogens (tertiary/aromatic N) is 1. The first-order valence-electron chi connectivity index (χ1n) is 5.97. The van der Waals surface area contributed by atoms with Gasteiger partial charge in [0.25, 0.3) is 0 Å². The summed E-state index contributed by atoms with van der Waals surface area (Å²) in [6, 6.07) is 7.24. The minimum absolute atomic E-state index is 0.418. The smallest absolute Gasteiger partial charge is 0.203 e. The van der Waals surface area contributed by atoms with E-state index in [4.69, 9.17) is 19.9 Å². The zero-order valence-corrected chi connectivity index (χ0v) is 11.6. The normalized spacial score (nSPS) is 9.95. The largest absolute Gasteiger partial charge is 0.493 e. The van der Waals surface area contributed by atoms with Crippen LogP contribution in [0.1, 0.15) is 0 Å². The Labute approximate surface area is 117 Å². The molecule has 0 aliphatic carbocycles. The number of benzene rings is 1. The molecule has 1 heterocycles. The fourth-order valence-corrected chi connectivity index (χ4v) is 1.83. The van der Waals surface area contributed by atoms with E-state index < -0.39 is 0 Å². The van der Waals surface area contributed by atoms with Crippen LogP contribution in [0.2, 0.25) is 0 Å². The summed E-state index contributed by atoms with van der Waals surface area (Å²) in [5, 5.41) is 3.17. The van der Waals surface area contributed by atoms with Crippen molar-refractivity contribution in [3.8, 4) is 17.2 Å². The van der Waals surface area contributed by atoms with Gasteiger partial charge < -0.3 is 25.3 Å². The molecule has 106 valence electrons. The van der Waals surface area contributed by atoms with Gasteiger partial charge in [-0.15, -0.1) is 0 Å². The zero-order valence-electron chi connectivity index (χ0n) is 11.6. The standard InChI is InChI=1S/C14H17N3O3/c1-18-11-7-9(8-12(19-2)13(11)20-3)17-10-5-4-6-16-14(10)15/h4-8,17H,1-3H3,(H2,15,16). The van der Waals surface area contributed by atoms with Crippen molar-refractivity contribution in [1.29, 1.82) is 0 Å². The summed E-state index contributed by atoms with van der Waals surface area (Å²) in [5.74, 6) is 2.09. The van der Waals surface area contributed by atoms with Crippen LogP contribution in [-0.4, -0.2) is 26.3 Å². The second-order valence-corrected chi connectivity index (χ2v) is 3.98. The molecule has 6 heteroatoms. The SMILES string of the molecule is COc1cc(Nc2cccnc2N)cc(OC)c1OC. The molecule has 2 rings (SSSR count). The van der Waals surface area contributed by atoms with Crippen LogP contribution in [0.25, 0.3) is 0 Å². The van der Waals surface area contributed by atoms with Gasteiger partial charge >= 0.3 is 0 Å². The fourth-order valence-electron chi connectivity index (χ4n) is 1.83. The molecular formula is C14H17N3O3. The third-order valence-corrected chi connectivity index (χ3v) is 2.78. The van der Waals surface area contributed by atoms with Crippen LogP contribution in [0, 0.1) is 0 Å². The van der Waals surface area contributed by atoms with Gasteiger partial charge in [-0.2, -0.15) is 0 Å². The Bertz CT molecular complexity index is 577. The minimum atomic E-state index is 0.418. The number of nitrogens with one attached hydrogen (secondary N) is 1. The maximum atomic E-state index is 5.80. The highest BCUT2D eigenvalue weighted by molar-refractivity contribution is 5.73. The van der Waals surface area contributed by atoms with Crippen molar-refractivity contribution < 1.29 is 14.2 Å². The van der Waals surface area contributed by atoms with Gasteiger partial charge in [0.2, 0.25) is 5.75 Å². The highest BCUT2D eigenvalue weighted by Crippen LogP contribution is 2.40. The summed E-state index contributed by atoms with van der Waals surface area (Å²) in [4.78, 5) is 4.02. The molecule has 0 amide bonds. The highest BCUT2D eigenvalue weighted by Gasteiger charge is 2.13. The molecule has 0 saturated carbocycles. The molecule has 0 unspecified atom stereocenters. The molecule has 6 nitrogen and oxygen atoms in total. The molecule has 0 saturated heterocycles. The Morgan fingerprint density at radius 1 is 1.05 bits per heavy atom. The molecule has 0 atom stereocenters. The van der Waals surface area contributed by atoms with Gasteiger partial charge in [-0.25, -0.2) is 4.98 Å². The van der Waals surface area contributed by atoms with Gasteiger partial charge in [-0.1, -0.05) is 0 Å². The second kappa shape index (κ2) is 6.01. The summed E-state index contributed by atoms with van der Waals surface area (Å²) in [6.45, 7) is 0. The molecular weight excluding hydrogens is 258 g/mol. The van der Waals surface area contributed by atoms with E-state index in [1.807, 2.05) is 6.07 Å². The summed E-state index contributed by atoms with van der Waals surface area (Å²) in [7, 11) is 4.70. The van der Waals surface area contributed by atoms with Crippen molar-refractivity contribution in [3.05, 3.63) is 30.5 Å². The van der Waals surface area contributed by atoms with E-state index in [0.717, 1.165) is 5.69 Å². The Balaban J connectivity index is 2.40. The molecule has 1 aromatic heterocycles. The number of ether oxygens (including phenoxy) is 3. The second-order valence-electron chi connectivity index (χ2n) is 3.98. The number of methoxy groups -OCH3 is 3. The molecule has 20 heavy (non-hydrogen) atoms. The van der Waals surface area contributed by atoms with Crippen molar-refractivity contribution in [2.45, 2.75) is 0 Å². The van der Waals surface area contributed by atoms with Crippen LogP contribution >= 0.6 is 0 Å². The number of nitrogen functional groups attached to an aromatic ring is 1. The lowest BCUT2D eigenvalue weighted by Gasteiger charge is -2.15. The maximum absolute atomic E-state index is 5.80. The van der Waals surface area contributed by atoms with Crippen molar-refractivity contribution in [3.63, 3.8) is 0 Å². The maximum Gasteiger partial charge on any atom is 0.203 e. The third kappa shape index (κ3) is 2.69. The van der Waals surface area contributed by atoms with E-state index in [2.05, 4.69) is 10.3 Å². The van der Waals surface area contributed by atoms with Crippen molar-refractivity contribution in [2.75, 3.05) is 32.4 Å². The minimum Gasteiger partial charge on any atom is -0.493 e. The fraction of sp³-hybridized carbons (Fsp3) is 0.214. The van der Waals surface area contributed by atoms with E-state index in [1.165, 1.54) is 0 Å². The lowest BCUT2D eigenvalue weighted by molar-refractivity contribution is 0.324. The highest BCUT2D eigenvalue weighted by atomic mass is 16.5. The molecule has 0 fully saturated rings. The van der Waals surface area contributed by atoms with Gasteiger partial charge in [-0.05, 0) is 12.1 Å². The quantitative estimate of drug-likeness (QED) is 0.872. The van der Waals surface area contributed by atoms with Gasteiger partial charge in [0.05, 0.1) is 27.0 Å². The summed E-state index contributed by atoms with van der Waals surface area (Å²) in [6.07, 6.45) is 1.63. The van der Waals surface area contributed by atoms with Crippen LogP contribution in [-0.2, 0) is 0 Å². The number of hydrogen-bond acceptors (Lipinski definition) is 6. The Morgan fingerprint density at radius 3 is 2.20 bits per heavy atom. The summed E-state index contributed by atoms with van der Waals surface area (Å²) in [5.41, 5.74) is 7.28. The molecule has 0 aliphatic rings. The summed E-state index contributed by atoms with van der Waals surface area (Å²) < 4.78 is 15.9. The predicted octanol–water partition coefficient (Wildman–Crippen LogP) is 2.43. The number of hydrogen-bond donors (Lipinski definition) is 2. The van der Waals surface area contributed by atoms with E-state index in [1.54, 1.807) is 45.7 Å². The van der Waals surface area contributed by atoms with Crippen LogP contribution in [0.3, 0.4) is 0 Å². The van der Waals surface area contributed by atoms with Crippen LogP contribution in [0.15, 0.2) is 30.5 Å². The van der Waals surface area contributed by atoms with E-state index in [9.17, 15) is 0 Å². The first kappa shape index (κ1) is 13.8. The predicted molar refractivity (Wildman–Crippen MR) is 78.0 cm³/mol. The van der Waals surface area contributed by atoms with E-state index in [0.29, 0.717) is 28.8 Å². The van der Waals surface area contributed by atoms with Crippen molar-refractivity contribution >= 4 is 17.2 Å². The van der Waals surface area contributed by atoms with E-state index >= 15 is 0 Å². The average Bonchev–Trinajstić information content (AvgIpc) is 2.48. The van der Waals surface area contributed by atoms with Crippen LogP contribution < -0.4 is 25.3 Å². The first-order chi connectivity index (χ1) is 9.69. The van der Waals surface area contributed by atoms with Gasteiger partial charge in [-0.3, -0.25) is 0 Å². The monoisotopic (exact) mass is 275 g/mol. The number of anilines is 3.